The minimum absolute atomic E-state index is 0.0415. The maximum atomic E-state index is 13.8. The molecule has 1 saturated heterocycles. The van der Waals surface area contributed by atoms with Gasteiger partial charge in [0.1, 0.15) is 23.0 Å². The molecule has 1 aromatic heterocycles. The molecule has 0 bridgehead atoms. The van der Waals surface area contributed by atoms with Crippen molar-refractivity contribution in [2.24, 2.45) is 4.99 Å². The van der Waals surface area contributed by atoms with E-state index in [1.54, 1.807) is 36.4 Å². The molecule has 30 heavy (non-hydrogen) atoms. The van der Waals surface area contributed by atoms with Gasteiger partial charge in [0.25, 0.3) is 11.6 Å². The van der Waals surface area contributed by atoms with E-state index in [9.17, 15) is 19.3 Å². The van der Waals surface area contributed by atoms with E-state index in [0.29, 0.717) is 26.5 Å². The summed E-state index contributed by atoms with van der Waals surface area (Å²) in [6, 6.07) is 13.7. The molecule has 150 valence electrons. The van der Waals surface area contributed by atoms with Crippen molar-refractivity contribution < 1.29 is 18.5 Å². The number of benzene rings is 2. The molecule has 0 saturated carbocycles. The molecule has 0 atom stereocenters. The van der Waals surface area contributed by atoms with Crippen LogP contribution in [-0.2, 0) is 4.79 Å². The van der Waals surface area contributed by atoms with Crippen molar-refractivity contribution in [2.45, 2.75) is 0 Å². The second-order valence-corrected chi connectivity index (χ2v) is 7.94. The summed E-state index contributed by atoms with van der Waals surface area (Å²) in [7, 11) is 0. The third-order valence-corrected chi connectivity index (χ3v) is 5.62. The minimum atomic E-state index is -0.485. The normalized spacial score (nSPS) is 16.3. The number of para-hydroxylation sites is 1. The van der Waals surface area contributed by atoms with E-state index in [2.05, 4.69) is 26.2 Å². The number of furan rings is 1. The molecular weight excluding hydrogens is 477 g/mol. The predicted octanol–water partition coefficient (Wildman–Crippen LogP) is 5.65. The highest BCUT2D eigenvalue weighted by Crippen LogP contribution is 2.34. The zero-order chi connectivity index (χ0) is 21.3. The van der Waals surface area contributed by atoms with Gasteiger partial charge >= 0.3 is 0 Å². The van der Waals surface area contributed by atoms with Crippen LogP contribution in [0.25, 0.3) is 17.4 Å². The van der Waals surface area contributed by atoms with Crippen molar-refractivity contribution >= 4 is 56.2 Å². The monoisotopic (exact) mass is 487 g/mol. The molecule has 0 aliphatic carbocycles. The lowest BCUT2D eigenvalue weighted by atomic mass is 10.1. The Bertz CT molecular complexity index is 1240. The number of hydrogen-bond acceptors (Lipinski definition) is 6. The summed E-state index contributed by atoms with van der Waals surface area (Å²) in [5.74, 6) is 0.0403. The first-order valence-electron chi connectivity index (χ1n) is 8.49. The number of amidine groups is 1. The molecule has 1 fully saturated rings. The highest BCUT2D eigenvalue weighted by Gasteiger charge is 2.25. The van der Waals surface area contributed by atoms with Crippen molar-refractivity contribution in [3.63, 3.8) is 0 Å². The van der Waals surface area contributed by atoms with Gasteiger partial charge in [0.2, 0.25) is 0 Å². The Morgan fingerprint density at radius 1 is 1.20 bits per heavy atom. The quantitative estimate of drug-likeness (QED) is 0.291. The van der Waals surface area contributed by atoms with Crippen LogP contribution in [0.5, 0.6) is 0 Å². The van der Waals surface area contributed by atoms with Crippen LogP contribution in [0.2, 0.25) is 0 Å². The average molecular weight is 488 g/mol. The van der Waals surface area contributed by atoms with Gasteiger partial charge in [-0.25, -0.2) is 9.38 Å². The number of nitrogens with zero attached hydrogens (tertiary/aromatic N) is 2. The fourth-order valence-electron chi connectivity index (χ4n) is 2.65. The molecule has 7 nitrogen and oxygen atoms in total. The van der Waals surface area contributed by atoms with Gasteiger partial charge in [0.05, 0.1) is 9.83 Å². The number of nitrogens with one attached hydrogen (secondary N) is 1. The second kappa shape index (κ2) is 8.25. The average Bonchev–Trinajstić information content (AvgIpc) is 3.30. The number of aliphatic imine (C=N–C) groups is 1. The van der Waals surface area contributed by atoms with Gasteiger partial charge in [-0.1, -0.05) is 12.1 Å². The third kappa shape index (κ3) is 4.19. The summed E-state index contributed by atoms with van der Waals surface area (Å²) in [5, 5.41) is 13.7. The van der Waals surface area contributed by atoms with Crippen LogP contribution in [0.4, 0.5) is 15.8 Å². The summed E-state index contributed by atoms with van der Waals surface area (Å²) in [5.41, 5.74) is 0.723. The van der Waals surface area contributed by atoms with Gasteiger partial charge in [0.15, 0.2) is 5.17 Å². The summed E-state index contributed by atoms with van der Waals surface area (Å²) in [6.45, 7) is 0. The first-order chi connectivity index (χ1) is 14.4. The van der Waals surface area contributed by atoms with E-state index < -0.39 is 10.7 Å². The fourth-order valence-corrected chi connectivity index (χ4v) is 4.03. The lowest BCUT2D eigenvalue weighted by Crippen LogP contribution is -2.19. The Labute approximate surface area is 182 Å². The van der Waals surface area contributed by atoms with Crippen LogP contribution in [-0.4, -0.2) is 16.0 Å². The van der Waals surface area contributed by atoms with Gasteiger partial charge in [-0.2, -0.15) is 0 Å². The summed E-state index contributed by atoms with van der Waals surface area (Å²) >= 11 is 4.38. The predicted molar refractivity (Wildman–Crippen MR) is 116 cm³/mol. The number of hydrogen-bond donors (Lipinski definition) is 1. The van der Waals surface area contributed by atoms with Crippen molar-refractivity contribution in [1.82, 2.24) is 5.32 Å². The Hall–Kier alpha value is -3.24. The zero-order valence-corrected chi connectivity index (χ0v) is 17.4. The Morgan fingerprint density at radius 3 is 2.73 bits per heavy atom. The maximum absolute atomic E-state index is 13.8. The largest absolute Gasteiger partial charge is 0.457 e. The number of halogens is 2. The van der Waals surface area contributed by atoms with Crippen LogP contribution in [0, 0.1) is 15.9 Å². The molecule has 1 aliphatic rings. The van der Waals surface area contributed by atoms with Crippen LogP contribution >= 0.6 is 27.7 Å². The van der Waals surface area contributed by atoms with E-state index in [1.165, 1.54) is 24.3 Å². The van der Waals surface area contributed by atoms with Gasteiger partial charge in [-0.15, -0.1) is 0 Å². The van der Waals surface area contributed by atoms with E-state index in [0.717, 1.165) is 11.8 Å². The van der Waals surface area contributed by atoms with Crippen molar-refractivity contribution in [3.05, 3.63) is 85.7 Å². The SMILES string of the molecule is O=C1NC(=Nc2ccccc2F)S/C1=C\c1ccc(-c2ccc([N+](=O)[O-])cc2Br)o1. The number of nitro groups is 1. The molecule has 1 N–H and O–H groups in total. The molecule has 0 unspecified atom stereocenters. The van der Waals surface area contributed by atoms with Gasteiger partial charge in [-0.05, 0) is 58.0 Å². The molecule has 2 aromatic carbocycles. The highest BCUT2D eigenvalue weighted by molar-refractivity contribution is 9.10. The second-order valence-electron chi connectivity index (χ2n) is 6.06. The lowest BCUT2D eigenvalue weighted by molar-refractivity contribution is -0.384. The van der Waals surface area contributed by atoms with E-state index >= 15 is 0 Å². The van der Waals surface area contributed by atoms with Crippen LogP contribution in [0.3, 0.4) is 0 Å². The summed E-state index contributed by atoms with van der Waals surface area (Å²) in [6.07, 6.45) is 1.55. The smallest absolute Gasteiger partial charge is 0.270 e. The Kier molecular flexibility index (Phi) is 5.51. The fraction of sp³-hybridized carbons (Fsp3) is 0. The van der Waals surface area contributed by atoms with E-state index in [4.69, 9.17) is 4.42 Å². The van der Waals surface area contributed by atoms with Crippen LogP contribution < -0.4 is 5.32 Å². The third-order valence-electron chi connectivity index (χ3n) is 4.05. The van der Waals surface area contributed by atoms with E-state index in [1.807, 2.05) is 0 Å². The number of carbonyl (C=O) groups excluding carboxylic acids is 1. The van der Waals surface area contributed by atoms with Gasteiger partial charge < -0.3 is 9.73 Å². The molecule has 1 aliphatic heterocycles. The Balaban J connectivity index is 1.57. The van der Waals surface area contributed by atoms with Crippen molar-refractivity contribution in [3.8, 4) is 11.3 Å². The number of thioether (sulfide) groups is 1. The van der Waals surface area contributed by atoms with Gasteiger partial charge in [0, 0.05) is 28.2 Å². The van der Waals surface area contributed by atoms with E-state index in [-0.39, 0.29) is 22.4 Å². The number of nitro benzene ring substituents is 1. The molecular formula is C20H11BrFN3O4S. The molecule has 4 rings (SSSR count). The van der Waals surface area contributed by atoms with Crippen LogP contribution in [0.1, 0.15) is 5.76 Å². The van der Waals surface area contributed by atoms with Crippen molar-refractivity contribution in [1.29, 1.82) is 0 Å². The number of rotatable bonds is 4. The van der Waals surface area contributed by atoms with Crippen molar-refractivity contribution in [2.75, 3.05) is 0 Å². The highest BCUT2D eigenvalue weighted by atomic mass is 79.9. The zero-order valence-electron chi connectivity index (χ0n) is 15.0. The number of carbonyl (C=O) groups is 1. The summed E-state index contributed by atoms with van der Waals surface area (Å²) in [4.78, 5) is 27.1. The Morgan fingerprint density at radius 2 is 2.00 bits per heavy atom. The lowest BCUT2D eigenvalue weighted by Gasteiger charge is -2.00. The molecule has 3 aromatic rings. The molecule has 1 amide bonds. The first kappa shape index (κ1) is 20.0. The maximum Gasteiger partial charge on any atom is 0.270 e. The first-order valence-corrected chi connectivity index (χ1v) is 10.1. The molecule has 0 radical (unpaired) electrons. The van der Waals surface area contributed by atoms with Gasteiger partial charge in [-0.3, -0.25) is 14.9 Å². The minimum Gasteiger partial charge on any atom is -0.457 e. The summed E-state index contributed by atoms with van der Waals surface area (Å²) < 4.78 is 20.0. The van der Waals surface area contributed by atoms with Crippen LogP contribution in [0.15, 0.2) is 73.4 Å². The number of amides is 1. The standard InChI is InChI=1S/C20H11BrFN3O4S/c21-14-9-11(25(27)28)5-7-13(14)17-8-6-12(29-17)10-18-19(26)24-20(30-18)23-16-4-2-1-3-15(16)22/h1-10H,(H,23,24,26)/b18-10-. The number of non-ortho nitro benzene ring substituents is 1. The molecule has 10 heteroatoms. The molecule has 0 spiro atoms. The molecule has 2 heterocycles. The topological polar surface area (TPSA) is 97.7 Å².